The van der Waals surface area contributed by atoms with E-state index in [-0.39, 0.29) is 52.0 Å². The lowest BCUT2D eigenvalue weighted by molar-refractivity contribution is -0.214. The highest BCUT2D eigenvalue weighted by Crippen LogP contribution is 2.75. The topological polar surface area (TPSA) is 101 Å². The molecule has 5 aliphatic rings. The Morgan fingerprint density at radius 3 is 2.12 bits per heavy atom. The fourth-order valence-electron chi connectivity index (χ4n) is 11.4. The van der Waals surface area contributed by atoms with Crippen molar-refractivity contribution in [2.24, 2.45) is 44.3 Å². The van der Waals surface area contributed by atoms with Gasteiger partial charge in [-0.15, -0.1) is 0 Å². The molecule has 0 unspecified atom stereocenters. The van der Waals surface area contributed by atoms with E-state index in [1.54, 1.807) is 0 Å². The van der Waals surface area contributed by atoms with E-state index in [4.69, 9.17) is 9.84 Å². The molecule has 5 aliphatic carbocycles. The Morgan fingerprint density at radius 2 is 1.46 bits per heavy atom. The SMILES string of the molecule is CC1(C)CC[C@]2(C(=O)O)CC[C@]3(C)C(=C2C1)CC[C@@H]1[C@@]2(C)CC[C@H](OC(=O)CCCC(=O)O)C(C)(C)[C@@H]2CC[C@]13C. The number of carboxylic acid groups (broad SMARTS) is 2. The molecule has 2 N–H and O–H groups in total. The molecule has 0 aromatic heterocycles. The quantitative estimate of drug-likeness (QED) is 0.247. The van der Waals surface area contributed by atoms with Crippen molar-refractivity contribution in [3.63, 3.8) is 0 Å². The molecule has 0 aromatic rings. The van der Waals surface area contributed by atoms with Crippen LogP contribution in [0.1, 0.15) is 138 Å². The maximum atomic E-state index is 12.9. The molecular weight excluding hydrogens is 516 g/mol. The van der Waals surface area contributed by atoms with Crippen LogP contribution in [0.15, 0.2) is 11.1 Å². The zero-order valence-electron chi connectivity index (χ0n) is 26.7. The number of carbonyl (C=O) groups is 3. The molecule has 0 aromatic carbocycles. The summed E-state index contributed by atoms with van der Waals surface area (Å²) in [5, 5.41) is 19.5. The molecule has 7 atom stereocenters. The number of ether oxygens (including phenoxy) is 1. The van der Waals surface area contributed by atoms with Crippen LogP contribution in [0.3, 0.4) is 0 Å². The van der Waals surface area contributed by atoms with Gasteiger partial charge in [0.05, 0.1) is 5.41 Å². The van der Waals surface area contributed by atoms with Crippen LogP contribution in [0, 0.1) is 44.3 Å². The van der Waals surface area contributed by atoms with Gasteiger partial charge in [-0.3, -0.25) is 14.4 Å². The molecule has 41 heavy (non-hydrogen) atoms. The first-order chi connectivity index (χ1) is 18.9. The summed E-state index contributed by atoms with van der Waals surface area (Å²) in [5.74, 6) is -0.765. The van der Waals surface area contributed by atoms with Crippen LogP contribution in [-0.2, 0) is 19.1 Å². The predicted molar refractivity (Wildman–Crippen MR) is 158 cm³/mol. The highest BCUT2D eigenvalue weighted by Gasteiger charge is 2.68. The van der Waals surface area contributed by atoms with Gasteiger partial charge in [-0.1, -0.05) is 59.6 Å². The van der Waals surface area contributed by atoms with Gasteiger partial charge in [-0.2, -0.15) is 0 Å². The van der Waals surface area contributed by atoms with Crippen LogP contribution in [0.2, 0.25) is 0 Å². The standard InChI is InChI=1S/C35H54O6/c1-30(2)17-19-35(29(39)40)20-18-33(6)22(23(35)21-30)11-12-25-32(5)15-14-26(41-28(38)10-8-9-27(36)37)31(3,4)24(32)13-16-34(25,33)7/h24-26H,8-21H2,1-7H3,(H,36,37)(H,39,40)/t24-,25+,26-,32-,33+,34+,35-/m0/s1. The van der Waals surface area contributed by atoms with Crippen molar-refractivity contribution in [1.29, 1.82) is 0 Å². The summed E-state index contributed by atoms with van der Waals surface area (Å²) in [4.78, 5) is 36.4. The van der Waals surface area contributed by atoms with Crippen molar-refractivity contribution in [2.75, 3.05) is 0 Å². The Kier molecular flexibility index (Phi) is 7.34. The average molecular weight is 571 g/mol. The Balaban J connectivity index is 1.44. The van der Waals surface area contributed by atoms with Crippen LogP contribution >= 0.6 is 0 Å². The second-order valence-corrected chi connectivity index (χ2v) is 16.7. The van der Waals surface area contributed by atoms with E-state index in [0.29, 0.717) is 18.3 Å². The highest BCUT2D eigenvalue weighted by molar-refractivity contribution is 5.80. The minimum absolute atomic E-state index is 0.00782. The summed E-state index contributed by atoms with van der Waals surface area (Å²) in [6.07, 6.45) is 10.9. The Bertz CT molecular complexity index is 1150. The molecule has 0 heterocycles. The Hall–Kier alpha value is -1.85. The molecule has 6 nitrogen and oxygen atoms in total. The van der Waals surface area contributed by atoms with Crippen molar-refractivity contribution in [2.45, 2.75) is 144 Å². The zero-order chi connectivity index (χ0) is 30.2. The largest absolute Gasteiger partial charge is 0.481 e. The minimum atomic E-state index is -0.879. The first-order valence-corrected chi connectivity index (χ1v) is 16.3. The van der Waals surface area contributed by atoms with E-state index in [1.165, 1.54) is 11.1 Å². The average Bonchev–Trinajstić information content (AvgIpc) is 2.85. The smallest absolute Gasteiger partial charge is 0.313 e. The van der Waals surface area contributed by atoms with Gasteiger partial charge in [0.15, 0.2) is 0 Å². The van der Waals surface area contributed by atoms with E-state index >= 15 is 0 Å². The monoisotopic (exact) mass is 570 g/mol. The molecule has 230 valence electrons. The van der Waals surface area contributed by atoms with Crippen LogP contribution < -0.4 is 0 Å². The van der Waals surface area contributed by atoms with Crippen LogP contribution in [0.25, 0.3) is 0 Å². The molecule has 0 spiro atoms. The number of fused-ring (bicyclic) bond motifs is 6. The lowest BCUT2D eigenvalue weighted by atomic mass is 9.34. The lowest BCUT2D eigenvalue weighted by Gasteiger charge is -2.71. The van der Waals surface area contributed by atoms with E-state index in [2.05, 4.69) is 48.5 Å². The first-order valence-electron chi connectivity index (χ1n) is 16.3. The number of allylic oxidation sites excluding steroid dienone is 1. The fraction of sp³-hybridized carbons (Fsp3) is 0.857. The van der Waals surface area contributed by atoms with Gasteiger partial charge in [-0.25, -0.2) is 0 Å². The maximum Gasteiger partial charge on any atom is 0.313 e. The molecule has 0 amide bonds. The number of esters is 1. The maximum absolute atomic E-state index is 12.9. The second kappa shape index (κ2) is 9.84. The molecule has 0 saturated heterocycles. The van der Waals surface area contributed by atoms with Gasteiger partial charge in [0.2, 0.25) is 0 Å². The van der Waals surface area contributed by atoms with Gasteiger partial charge in [-0.05, 0) is 111 Å². The second-order valence-electron chi connectivity index (χ2n) is 16.7. The van der Waals surface area contributed by atoms with Crippen LogP contribution in [0.4, 0.5) is 0 Å². The number of aliphatic carboxylic acids is 2. The van der Waals surface area contributed by atoms with E-state index < -0.39 is 17.4 Å². The molecule has 0 aliphatic heterocycles. The molecule has 4 fully saturated rings. The van der Waals surface area contributed by atoms with Crippen molar-refractivity contribution in [3.05, 3.63) is 11.1 Å². The predicted octanol–water partition coefficient (Wildman–Crippen LogP) is 8.18. The summed E-state index contributed by atoms with van der Waals surface area (Å²) < 4.78 is 6.07. The van der Waals surface area contributed by atoms with Gasteiger partial charge in [0.1, 0.15) is 6.10 Å². The Morgan fingerprint density at radius 1 is 0.780 bits per heavy atom. The zero-order valence-corrected chi connectivity index (χ0v) is 26.7. The minimum Gasteiger partial charge on any atom is -0.481 e. The van der Waals surface area contributed by atoms with Gasteiger partial charge in [0.25, 0.3) is 0 Å². The summed E-state index contributed by atoms with van der Waals surface area (Å²) >= 11 is 0. The van der Waals surface area contributed by atoms with Crippen molar-refractivity contribution in [1.82, 2.24) is 0 Å². The van der Waals surface area contributed by atoms with E-state index in [9.17, 15) is 19.5 Å². The summed E-state index contributed by atoms with van der Waals surface area (Å²) in [7, 11) is 0. The third-order valence-corrected chi connectivity index (χ3v) is 13.9. The fourth-order valence-corrected chi connectivity index (χ4v) is 11.4. The number of hydrogen-bond acceptors (Lipinski definition) is 4. The van der Waals surface area contributed by atoms with Crippen LogP contribution in [-0.4, -0.2) is 34.2 Å². The molecule has 5 rings (SSSR count). The number of hydrogen-bond donors (Lipinski definition) is 2. The normalized spacial score (nSPS) is 42.7. The first kappa shape index (κ1) is 30.6. The van der Waals surface area contributed by atoms with E-state index in [1.807, 2.05) is 0 Å². The molecule has 0 radical (unpaired) electrons. The third kappa shape index (κ3) is 4.51. The van der Waals surface area contributed by atoms with Crippen molar-refractivity contribution >= 4 is 17.9 Å². The molecule has 4 saturated carbocycles. The molecule has 6 heteroatoms. The van der Waals surface area contributed by atoms with Crippen molar-refractivity contribution in [3.8, 4) is 0 Å². The van der Waals surface area contributed by atoms with Gasteiger partial charge >= 0.3 is 17.9 Å². The van der Waals surface area contributed by atoms with Crippen molar-refractivity contribution < 1.29 is 29.3 Å². The summed E-state index contributed by atoms with van der Waals surface area (Å²) in [6.45, 7) is 16.8. The third-order valence-electron chi connectivity index (χ3n) is 13.9. The van der Waals surface area contributed by atoms with Crippen LogP contribution in [0.5, 0.6) is 0 Å². The Labute approximate surface area is 247 Å². The summed E-state index contributed by atoms with van der Waals surface area (Å²) in [6, 6.07) is 0. The lowest BCUT2D eigenvalue weighted by Crippen LogP contribution is -2.64. The number of carboxylic acids is 2. The molecular formula is C35H54O6. The summed E-state index contributed by atoms with van der Waals surface area (Å²) in [5.41, 5.74) is 2.38. The number of rotatable bonds is 6. The highest BCUT2D eigenvalue weighted by atomic mass is 16.5. The van der Waals surface area contributed by atoms with E-state index in [0.717, 1.165) is 70.6 Å². The van der Waals surface area contributed by atoms with Gasteiger partial charge < -0.3 is 14.9 Å². The molecule has 0 bridgehead atoms. The number of carbonyl (C=O) groups excluding carboxylic acids is 1. The van der Waals surface area contributed by atoms with Gasteiger partial charge in [0, 0.05) is 18.3 Å².